The second-order valence-corrected chi connectivity index (χ2v) is 10.1. The van der Waals surface area contributed by atoms with Crippen molar-refractivity contribution in [3.8, 4) is 5.75 Å². The van der Waals surface area contributed by atoms with E-state index in [0.29, 0.717) is 24.4 Å². The van der Waals surface area contributed by atoms with Gasteiger partial charge in [-0.25, -0.2) is 4.79 Å². The molecule has 34 heavy (non-hydrogen) atoms. The Morgan fingerprint density at radius 3 is 2.18 bits per heavy atom. The molecule has 8 heteroatoms. The van der Waals surface area contributed by atoms with Crippen LogP contribution in [0.5, 0.6) is 5.75 Å². The van der Waals surface area contributed by atoms with Crippen LogP contribution in [0.4, 0.5) is 4.79 Å². The van der Waals surface area contributed by atoms with Gasteiger partial charge in [0, 0.05) is 12.6 Å². The summed E-state index contributed by atoms with van der Waals surface area (Å²) in [7, 11) is 0. The number of phenols is 1. The highest BCUT2D eigenvalue weighted by molar-refractivity contribution is 5.90. The van der Waals surface area contributed by atoms with Crippen molar-refractivity contribution in [1.82, 2.24) is 15.5 Å². The Kier molecular flexibility index (Phi) is 11.9. The molecule has 192 valence electrons. The zero-order valence-corrected chi connectivity index (χ0v) is 21.8. The summed E-state index contributed by atoms with van der Waals surface area (Å²) < 4.78 is 5.25. The molecular weight excluding hydrogens is 434 g/mol. The van der Waals surface area contributed by atoms with Crippen molar-refractivity contribution in [3.63, 3.8) is 0 Å². The molecule has 0 aromatic heterocycles. The molecule has 0 fully saturated rings. The Morgan fingerprint density at radius 1 is 1.03 bits per heavy atom. The van der Waals surface area contributed by atoms with E-state index in [0.717, 1.165) is 19.3 Å². The summed E-state index contributed by atoms with van der Waals surface area (Å²) in [5.41, 5.74) is -0.0979. The molecule has 8 nitrogen and oxygen atoms in total. The lowest BCUT2D eigenvalue weighted by Gasteiger charge is -2.36. The minimum absolute atomic E-state index is 0.0752. The molecule has 0 radical (unpaired) electrons. The van der Waals surface area contributed by atoms with Gasteiger partial charge < -0.3 is 25.4 Å². The maximum atomic E-state index is 13.4. The maximum absolute atomic E-state index is 13.4. The van der Waals surface area contributed by atoms with Crippen molar-refractivity contribution < 1.29 is 24.2 Å². The van der Waals surface area contributed by atoms with Gasteiger partial charge in [-0.2, -0.15) is 0 Å². The normalized spacial score (nSPS) is 13.2. The van der Waals surface area contributed by atoms with E-state index < -0.39 is 17.7 Å². The van der Waals surface area contributed by atoms with Crippen molar-refractivity contribution in [1.29, 1.82) is 0 Å². The zero-order valence-electron chi connectivity index (χ0n) is 21.8. The summed E-state index contributed by atoms with van der Waals surface area (Å²) in [4.78, 5) is 40.5. The molecule has 0 saturated carbocycles. The molecule has 0 heterocycles. The number of phenolic OH excluding ortho intramolecular Hbond substituents is 1. The maximum Gasteiger partial charge on any atom is 0.408 e. The van der Waals surface area contributed by atoms with Crippen molar-refractivity contribution in [2.45, 2.75) is 91.8 Å². The predicted molar refractivity (Wildman–Crippen MR) is 133 cm³/mol. The molecular formula is C26H43N3O5. The van der Waals surface area contributed by atoms with Gasteiger partial charge in [0.15, 0.2) is 0 Å². The lowest BCUT2D eigenvalue weighted by Crippen LogP contribution is -2.51. The third-order valence-electron chi connectivity index (χ3n) is 5.27. The topological polar surface area (TPSA) is 108 Å². The van der Waals surface area contributed by atoms with E-state index in [9.17, 15) is 19.5 Å². The highest BCUT2D eigenvalue weighted by atomic mass is 16.6. The summed E-state index contributed by atoms with van der Waals surface area (Å²) in [6.45, 7) is 13.6. The van der Waals surface area contributed by atoms with E-state index in [-0.39, 0.29) is 30.2 Å². The average molecular weight is 478 g/mol. The number of hydrogen-bond donors (Lipinski definition) is 3. The van der Waals surface area contributed by atoms with Gasteiger partial charge in [0.25, 0.3) is 0 Å². The predicted octanol–water partition coefficient (Wildman–Crippen LogP) is 4.53. The number of carbonyl (C=O) groups excluding carboxylic acids is 3. The molecule has 3 amide bonds. The van der Waals surface area contributed by atoms with E-state index in [2.05, 4.69) is 24.5 Å². The van der Waals surface area contributed by atoms with Crippen molar-refractivity contribution >= 4 is 17.9 Å². The SMILES string of the molecule is CCCCNC(=O)C(c1ccc(O)cc1)N(C(=O)CNC(=O)OC(C)(C)C)C(C)CCC(C)C. The first-order valence-electron chi connectivity index (χ1n) is 12.2. The van der Waals surface area contributed by atoms with Crippen LogP contribution in [0.2, 0.25) is 0 Å². The minimum Gasteiger partial charge on any atom is -0.508 e. The molecule has 0 aliphatic heterocycles. The molecule has 1 aromatic rings. The molecule has 0 aliphatic rings. The third-order valence-corrected chi connectivity index (χ3v) is 5.27. The van der Waals surface area contributed by atoms with Gasteiger partial charge in [0.05, 0.1) is 0 Å². The second kappa shape index (κ2) is 13.8. The third kappa shape index (κ3) is 10.4. The number of hydrogen-bond acceptors (Lipinski definition) is 5. The molecule has 0 spiro atoms. The van der Waals surface area contributed by atoms with Crippen LogP contribution >= 0.6 is 0 Å². The standard InChI is InChI=1S/C26H43N3O5/c1-8-9-16-27-24(32)23(20-12-14-21(30)15-13-20)29(19(4)11-10-18(2)3)22(31)17-28-25(33)34-26(5,6)7/h12-15,18-19,23,30H,8-11,16-17H2,1-7H3,(H,27,32)(H,28,33). The number of aromatic hydroxyl groups is 1. The van der Waals surface area contributed by atoms with Crippen LogP contribution in [-0.2, 0) is 14.3 Å². The summed E-state index contributed by atoms with van der Waals surface area (Å²) in [6.07, 6.45) is 2.64. The van der Waals surface area contributed by atoms with Gasteiger partial charge in [0.1, 0.15) is 23.9 Å². The Morgan fingerprint density at radius 2 is 1.65 bits per heavy atom. The van der Waals surface area contributed by atoms with Crippen molar-refractivity contribution in [2.24, 2.45) is 5.92 Å². The fourth-order valence-electron chi connectivity index (χ4n) is 3.49. The number of alkyl carbamates (subject to hydrolysis) is 1. The first kappa shape index (κ1) is 29.3. The first-order chi connectivity index (χ1) is 15.9. The van der Waals surface area contributed by atoms with E-state index in [4.69, 9.17) is 4.74 Å². The Bertz CT molecular complexity index is 787. The van der Waals surface area contributed by atoms with E-state index in [1.54, 1.807) is 37.8 Å². The Balaban J connectivity index is 3.26. The van der Waals surface area contributed by atoms with Crippen LogP contribution in [0, 0.1) is 5.92 Å². The van der Waals surface area contributed by atoms with Crippen LogP contribution in [0.15, 0.2) is 24.3 Å². The van der Waals surface area contributed by atoms with Gasteiger partial charge in [0.2, 0.25) is 11.8 Å². The first-order valence-corrected chi connectivity index (χ1v) is 12.2. The molecule has 3 N–H and O–H groups in total. The summed E-state index contributed by atoms with van der Waals surface area (Å²) in [5.74, 6) is -0.164. The number of unbranched alkanes of at least 4 members (excludes halogenated alkanes) is 1. The lowest BCUT2D eigenvalue weighted by atomic mass is 9.98. The number of amides is 3. The minimum atomic E-state index is -0.896. The highest BCUT2D eigenvalue weighted by Gasteiger charge is 2.35. The molecule has 1 rings (SSSR count). The molecule has 2 unspecified atom stereocenters. The van der Waals surface area contributed by atoms with Crippen LogP contribution in [-0.4, -0.2) is 52.6 Å². The van der Waals surface area contributed by atoms with Gasteiger partial charge in [-0.1, -0.05) is 39.3 Å². The summed E-state index contributed by atoms with van der Waals surface area (Å²) >= 11 is 0. The highest BCUT2D eigenvalue weighted by Crippen LogP contribution is 2.27. The Hall–Kier alpha value is -2.77. The monoisotopic (exact) mass is 477 g/mol. The van der Waals surface area contributed by atoms with Crippen LogP contribution in [0.3, 0.4) is 0 Å². The largest absolute Gasteiger partial charge is 0.508 e. The lowest BCUT2D eigenvalue weighted by molar-refractivity contribution is -0.142. The molecule has 0 bridgehead atoms. The molecule has 2 atom stereocenters. The summed E-state index contributed by atoms with van der Waals surface area (Å²) in [6, 6.07) is 5.15. The van der Waals surface area contributed by atoms with E-state index >= 15 is 0 Å². The van der Waals surface area contributed by atoms with Gasteiger partial charge >= 0.3 is 6.09 Å². The molecule has 0 aliphatic carbocycles. The number of carbonyl (C=O) groups is 3. The van der Waals surface area contributed by atoms with E-state index in [1.165, 1.54) is 12.1 Å². The molecule has 1 aromatic carbocycles. The number of rotatable bonds is 12. The van der Waals surface area contributed by atoms with Crippen LogP contribution in [0.1, 0.15) is 85.8 Å². The number of benzene rings is 1. The van der Waals surface area contributed by atoms with Gasteiger partial charge in [-0.05, 0) is 70.6 Å². The average Bonchev–Trinajstić information content (AvgIpc) is 2.73. The van der Waals surface area contributed by atoms with E-state index in [1.807, 2.05) is 13.8 Å². The zero-order chi connectivity index (χ0) is 25.9. The number of ether oxygens (including phenoxy) is 1. The van der Waals surface area contributed by atoms with Crippen molar-refractivity contribution in [2.75, 3.05) is 13.1 Å². The fraction of sp³-hybridized carbons (Fsp3) is 0.654. The van der Waals surface area contributed by atoms with Crippen molar-refractivity contribution in [3.05, 3.63) is 29.8 Å². The van der Waals surface area contributed by atoms with Gasteiger partial charge in [-0.3, -0.25) is 9.59 Å². The quantitative estimate of drug-likeness (QED) is 0.383. The number of nitrogens with one attached hydrogen (secondary N) is 2. The summed E-state index contributed by atoms with van der Waals surface area (Å²) in [5, 5.41) is 15.2. The van der Waals surface area contributed by atoms with Crippen LogP contribution < -0.4 is 10.6 Å². The molecule has 0 saturated heterocycles. The van der Waals surface area contributed by atoms with Crippen LogP contribution in [0.25, 0.3) is 0 Å². The second-order valence-electron chi connectivity index (χ2n) is 10.1. The fourth-order valence-corrected chi connectivity index (χ4v) is 3.49. The number of nitrogens with zero attached hydrogens (tertiary/aromatic N) is 1. The van der Waals surface area contributed by atoms with Gasteiger partial charge in [-0.15, -0.1) is 0 Å². The smallest absolute Gasteiger partial charge is 0.408 e. The Labute approximate surface area is 204 Å².